The predicted octanol–water partition coefficient (Wildman–Crippen LogP) is 3.40. The standard InChI is InChI=1S/C20H27FN2O/c21-19-8-6-18(7-9-19)16-20(24)23-14-12-22(13-15-23)11-10-17-4-2-1-3-5-17/h4,6-9H,1-3,5,10-16H2. The minimum atomic E-state index is -0.257. The number of piperazine rings is 1. The van der Waals surface area contributed by atoms with Gasteiger partial charge in [-0.25, -0.2) is 4.39 Å². The zero-order valence-electron chi connectivity index (χ0n) is 14.3. The number of amides is 1. The van der Waals surface area contributed by atoms with E-state index < -0.39 is 0 Å². The summed E-state index contributed by atoms with van der Waals surface area (Å²) in [7, 11) is 0. The monoisotopic (exact) mass is 330 g/mol. The summed E-state index contributed by atoms with van der Waals surface area (Å²) in [5, 5.41) is 0. The highest BCUT2D eigenvalue weighted by Gasteiger charge is 2.21. The molecule has 3 rings (SSSR count). The molecule has 1 aliphatic heterocycles. The second kappa shape index (κ2) is 8.43. The van der Waals surface area contributed by atoms with E-state index in [1.165, 1.54) is 44.2 Å². The van der Waals surface area contributed by atoms with Gasteiger partial charge in [-0.3, -0.25) is 9.69 Å². The van der Waals surface area contributed by atoms with Crippen molar-refractivity contribution in [3.8, 4) is 0 Å². The Kier molecular flexibility index (Phi) is 6.02. The van der Waals surface area contributed by atoms with Crippen LogP contribution < -0.4 is 0 Å². The molecule has 0 saturated carbocycles. The van der Waals surface area contributed by atoms with Crippen molar-refractivity contribution in [1.29, 1.82) is 0 Å². The average Bonchev–Trinajstić information content (AvgIpc) is 2.63. The summed E-state index contributed by atoms with van der Waals surface area (Å²) in [5.41, 5.74) is 2.50. The quantitative estimate of drug-likeness (QED) is 0.773. The molecule has 1 heterocycles. The van der Waals surface area contributed by atoms with Gasteiger partial charge in [0.1, 0.15) is 5.82 Å². The molecule has 0 N–H and O–H groups in total. The van der Waals surface area contributed by atoms with Gasteiger partial charge in [0.15, 0.2) is 0 Å². The Balaban J connectivity index is 1.40. The molecule has 0 atom stereocenters. The lowest BCUT2D eigenvalue weighted by Crippen LogP contribution is -2.49. The van der Waals surface area contributed by atoms with Gasteiger partial charge in [-0.2, -0.15) is 0 Å². The Morgan fingerprint density at radius 2 is 1.79 bits per heavy atom. The topological polar surface area (TPSA) is 23.6 Å². The molecule has 0 radical (unpaired) electrons. The van der Waals surface area contributed by atoms with Crippen LogP contribution in [0, 0.1) is 5.82 Å². The third-order valence-electron chi connectivity index (χ3n) is 5.13. The van der Waals surface area contributed by atoms with E-state index in [1.807, 2.05) is 4.90 Å². The van der Waals surface area contributed by atoms with Gasteiger partial charge in [-0.1, -0.05) is 23.8 Å². The molecule has 1 aromatic carbocycles. The number of carbonyl (C=O) groups excluding carboxylic acids is 1. The SMILES string of the molecule is O=C(Cc1ccc(F)cc1)N1CCN(CCC2=CCCCC2)CC1. The molecule has 0 bridgehead atoms. The molecule has 3 nitrogen and oxygen atoms in total. The van der Waals surface area contributed by atoms with Crippen molar-refractivity contribution in [3.63, 3.8) is 0 Å². The fourth-order valence-electron chi connectivity index (χ4n) is 3.54. The van der Waals surface area contributed by atoms with Crippen LogP contribution in [-0.4, -0.2) is 48.4 Å². The molecule has 2 aliphatic rings. The lowest BCUT2D eigenvalue weighted by atomic mass is 9.97. The number of halogens is 1. The number of nitrogens with zero attached hydrogens (tertiary/aromatic N) is 2. The fourth-order valence-corrected chi connectivity index (χ4v) is 3.54. The molecular weight excluding hydrogens is 303 g/mol. The number of rotatable bonds is 5. The predicted molar refractivity (Wildman–Crippen MR) is 94.3 cm³/mol. The van der Waals surface area contributed by atoms with Crippen LogP contribution in [0.25, 0.3) is 0 Å². The summed E-state index contributed by atoms with van der Waals surface area (Å²) < 4.78 is 12.9. The smallest absolute Gasteiger partial charge is 0.227 e. The van der Waals surface area contributed by atoms with Gasteiger partial charge in [0.25, 0.3) is 0 Å². The van der Waals surface area contributed by atoms with Gasteiger partial charge < -0.3 is 4.90 Å². The fraction of sp³-hybridized carbons (Fsp3) is 0.550. The van der Waals surface area contributed by atoms with Crippen LogP contribution in [0.5, 0.6) is 0 Å². The van der Waals surface area contributed by atoms with E-state index in [1.54, 1.807) is 17.7 Å². The Labute approximate surface area is 144 Å². The van der Waals surface area contributed by atoms with Crippen molar-refractivity contribution >= 4 is 5.91 Å². The van der Waals surface area contributed by atoms with Crippen molar-refractivity contribution in [2.75, 3.05) is 32.7 Å². The van der Waals surface area contributed by atoms with Gasteiger partial charge >= 0.3 is 0 Å². The molecule has 1 saturated heterocycles. The molecule has 1 aliphatic carbocycles. The van der Waals surface area contributed by atoms with E-state index in [-0.39, 0.29) is 11.7 Å². The Morgan fingerprint density at radius 1 is 1.04 bits per heavy atom. The first-order valence-electron chi connectivity index (χ1n) is 9.13. The summed E-state index contributed by atoms with van der Waals surface area (Å²) in [4.78, 5) is 16.8. The molecule has 1 fully saturated rings. The van der Waals surface area contributed by atoms with Crippen molar-refractivity contribution < 1.29 is 9.18 Å². The minimum absolute atomic E-state index is 0.149. The maximum atomic E-state index is 12.9. The largest absolute Gasteiger partial charge is 0.340 e. The summed E-state index contributed by atoms with van der Waals surface area (Å²) in [6, 6.07) is 6.23. The third kappa shape index (κ3) is 4.91. The summed E-state index contributed by atoms with van der Waals surface area (Å²) in [5.74, 6) is -0.107. The number of hydrogen-bond donors (Lipinski definition) is 0. The van der Waals surface area contributed by atoms with Gasteiger partial charge in [-0.05, 0) is 49.8 Å². The molecule has 1 aromatic rings. The molecule has 130 valence electrons. The van der Waals surface area contributed by atoms with E-state index in [0.29, 0.717) is 6.42 Å². The maximum absolute atomic E-state index is 12.9. The van der Waals surface area contributed by atoms with Crippen LogP contribution >= 0.6 is 0 Å². The zero-order chi connectivity index (χ0) is 16.8. The Morgan fingerprint density at radius 3 is 2.46 bits per heavy atom. The number of carbonyl (C=O) groups is 1. The first-order valence-corrected chi connectivity index (χ1v) is 9.13. The summed E-state index contributed by atoms with van der Waals surface area (Å²) in [6.07, 6.45) is 9.19. The van der Waals surface area contributed by atoms with E-state index >= 15 is 0 Å². The van der Waals surface area contributed by atoms with Gasteiger partial charge in [0.05, 0.1) is 6.42 Å². The average molecular weight is 330 g/mol. The van der Waals surface area contributed by atoms with E-state index in [4.69, 9.17) is 0 Å². The van der Waals surface area contributed by atoms with Crippen LogP contribution in [0.1, 0.15) is 37.7 Å². The first kappa shape index (κ1) is 17.2. The highest BCUT2D eigenvalue weighted by Crippen LogP contribution is 2.20. The lowest BCUT2D eigenvalue weighted by molar-refractivity contribution is -0.132. The molecule has 0 aromatic heterocycles. The van der Waals surface area contributed by atoms with E-state index in [9.17, 15) is 9.18 Å². The van der Waals surface area contributed by atoms with Crippen LogP contribution in [0.3, 0.4) is 0 Å². The van der Waals surface area contributed by atoms with Crippen LogP contribution in [0.4, 0.5) is 4.39 Å². The van der Waals surface area contributed by atoms with E-state index in [0.717, 1.165) is 38.3 Å². The highest BCUT2D eigenvalue weighted by atomic mass is 19.1. The molecule has 1 amide bonds. The van der Waals surface area contributed by atoms with Crippen LogP contribution in [0.15, 0.2) is 35.9 Å². The van der Waals surface area contributed by atoms with Crippen molar-refractivity contribution in [3.05, 3.63) is 47.3 Å². The van der Waals surface area contributed by atoms with Gasteiger partial charge in [-0.15, -0.1) is 0 Å². The van der Waals surface area contributed by atoms with Crippen LogP contribution in [-0.2, 0) is 11.2 Å². The second-order valence-electron chi connectivity index (χ2n) is 6.88. The van der Waals surface area contributed by atoms with Gasteiger partial charge in [0.2, 0.25) is 5.91 Å². The summed E-state index contributed by atoms with van der Waals surface area (Å²) in [6.45, 7) is 4.65. The Bertz CT molecular complexity index is 574. The number of allylic oxidation sites excluding steroid dienone is 1. The minimum Gasteiger partial charge on any atom is -0.340 e. The maximum Gasteiger partial charge on any atom is 0.227 e. The first-order chi connectivity index (χ1) is 11.7. The molecule has 24 heavy (non-hydrogen) atoms. The Hall–Kier alpha value is -1.68. The van der Waals surface area contributed by atoms with Crippen molar-refractivity contribution in [2.45, 2.75) is 38.5 Å². The zero-order valence-corrected chi connectivity index (χ0v) is 14.3. The van der Waals surface area contributed by atoms with Gasteiger partial charge in [0, 0.05) is 32.7 Å². The van der Waals surface area contributed by atoms with E-state index in [2.05, 4.69) is 11.0 Å². The molecular formula is C20H27FN2O. The highest BCUT2D eigenvalue weighted by molar-refractivity contribution is 5.78. The molecule has 4 heteroatoms. The third-order valence-corrected chi connectivity index (χ3v) is 5.13. The second-order valence-corrected chi connectivity index (χ2v) is 6.88. The number of hydrogen-bond acceptors (Lipinski definition) is 2. The number of benzene rings is 1. The molecule has 0 unspecified atom stereocenters. The lowest BCUT2D eigenvalue weighted by Gasteiger charge is -2.35. The summed E-state index contributed by atoms with van der Waals surface area (Å²) >= 11 is 0. The van der Waals surface area contributed by atoms with Crippen molar-refractivity contribution in [1.82, 2.24) is 9.80 Å². The van der Waals surface area contributed by atoms with Crippen LogP contribution in [0.2, 0.25) is 0 Å². The normalized spacial score (nSPS) is 19.2. The van der Waals surface area contributed by atoms with Crippen molar-refractivity contribution in [2.24, 2.45) is 0 Å². The molecule has 0 spiro atoms.